The summed E-state index contributed by atoms with van der Waals surface area (Å²) in [6, 6.07) is 16.2. The number of hydrogen-bond donors (Lipinski definition) is 4. The SMILES string of the molecule is Fc1ccc2[nH]cc(CCNc3nc(Nc4ccc5[nH]ncc5c4)c4cc(Cl)ccc4n3)c2c1. The Hall–Kier alpha value is -4.17. The third kappa shape index (κ3) is 3.88. The van der Waals surface area contributed by atoms with Crippen molar-refractivity contribution in [3.8, 4) is 0 Å². The first-order valence-electron chi connectivity index (χ1n) is 10.8. The molecule has 0 radical (unpaired) electrons. The molecular weight excluding hydrogens is 453 g/mol. The van der Waals surface area contributed by atoms with Gasteiger partial charge in [-0.3, -0.25) is 5.10 Å². The van der Waals surface area contributed by atoms with Crippen LogP contribution in [-0.2, 0) is 6.42 Å². The second-order valence-electron chi connectivity index (χ2n) is 8.03. The summed E-state index contributed by atoms with van der Waals surface area (Å²) < 4.78 is 13.7. The number of H-pyrrole nitrogens is 2. The third-order valence-corrected chi connectivity index (χ3v) is 6.00. The lowest BCUT2D eigenvalue weighted by molar-refractivity contribution is 0.629. The van der Waals surface area contributed by atoms with Gasteiger partial charge < -0.3 is 15.6 Å². The number of aromatic amines is 2. The highest BCUT2D eigenvalue weighted by molar-refractivity contribution is 6.31. The van der Waals surface area contributed by atoms with Crippen molar-refractivity contribution in [3.05, 3.63) is 83.4 Å². The van der Waals surface area contributed by atoms with Gasteiger partial charge in [0, 0.05) is 45.1 Å². The molecule has 0 fully saturated rings. The van der Waals surface area contributed by atoms with E-state index in [1.165, 1.54) is 6.07 Å². The van der Waals surface area contributed by atoms with Crippen LogP contribution in [0.15, 0.2) is 67.0 Å². The first-order valence-corrected chi connectivity index (χ1v) is 11.2. The van der Waals surface area contributed by atoms with Crippen molar-refractivity contribution in [2.24, 2.45) is 0 Å². The molecule has 6 aromatic rings. The van der Waals surface area contributed by atoms with Gasteiger partial charge in [0.05, 0.1) is 17.2 Å². The van der Waals surface area contributed by atoms with Crippen molar-refractivity contribution in [2.75, 3.05) is 17.2 Å². The molecule has 9 heteroatoms. The van der Waals surface area contributed by atoms with E-state index in [1.54, 1.807) is 18.3 Å². The summed E-state index contributed by atoms with van der Waals surface area (Å²) in [4.78, 5) is 12.6. The fourth-order valence-electron chi connectivity index (χ4n) is 4.10. The van der Waals surface area contributed by atoms with E-state index in [0.717, 1.165) is 44.0 Å². The zero-order valence-electron chi connectivity index (χ0n) is 17.9. The number of nitrogens with one attached hydrogen (secondary N) is 4. The Kier molecular flexibility index (Phi) is 5.00. The summed E-state index contributed by atoms with van der Waals surface area (Å²) in [6.07, 6.45) is 4.37. The average molecular weight is 472 g/mol. The largest absolute Gasteiger partial charge is 0.361 e. The van der Waals surface area contributed by atoms with E-state index in [0.29, 0.717) is 29.8 Å². The van der Waals surface area contributed by atoms with E-state index in [2.05, 4.69) is 30.8 Å². The number of hydrogen-bond acceptors (Lipinski definition) is 5. The molecule has 0 bridgehead atoms. The predicted molar refractivity (Wildman–Crippen MR) is 134 cm³/mol. The van der Waals surface area contributed by atoms with Gasteiger partial charge in [-0.05, 0) is 66.6 Å². The van der Waals surface area contributed by atoms with Gasteiger partial charge in [-0.1, -0.05) is 11.6 Å². The van der Waals surface area contributed by atoms with Crippen molar-refractivity contribution in [2.45, 2.75) is 6.42 Å². The fourth-order valence-corrected chi connectivity index (χ4v) is 4.27. The lowest BCUT2D eigenvalue weighted by Gasteiger charge is -2.12. The van der Waals surface area contributed by atoms with Gasteiger partial charge in [-0.2, -0.15) is 10.1 Å². The van der Waals surface area contributed by atoms with Crippen molar-refractivity contribution in [1.29, 1.82) is 0 Å². The molecule has 0 unspecified atom stereocenters. The van der Waals surface area contributed by atoms with E-state index >= 15 is 0 Å². The standard InChI is InChI=1S/C25H19ClFN7/c26-16-1-4-23-20(10-16)24(31-18-3-6-21-15(9-18)13-30-34-21)33-25(32-23)28-8-7-14-12-29-22-5-2-17(27)11-19(14)22/h1-6,9-13,29H,7-8H2,(H,30,34)(H2,28,31,32,33). The maximum Gasteiger partial charge on any atom is 0.225 e. The van der Waals surface area contributed by atoms with E-state index in [1.807, 2.05) is 42.6 Å². The monoisotopic (exact) mass is 471 g/mol. The molecular formula is C25H19ClFN7. The molecule has 0 aliphatic carbocycles. The van der Waals surface area contributed by atoms with Crippen LogP contribution in [0, 0.1) is 5.82 Å². The second kappa shape index (κ2) is 8.31. The van der Waals surface area contributed by atoms with Crippen LogP contribution in [0.5, 0.6) is 0 Å². The van der Waals surface area contributed by atoms with Crippen LogP contribution in [0.2, 0.25) is 5.02 Å². The van der Waals surface area contributed by atoms with Crippen molar-refractivity contribution < 1.29 is 4.39 Å². The Bertz CT molecular complexity index is 1660. The van der Waals surface area contributed by atoms with Gasteiger partial charge in [0.25, 0.3) is 0 Å². The number of anilines is 3. The number of fused-ring (bicyclic) bond motifs is 3. The molecule has 3 aromatic heterocycles. The summed E-state index contributed by atoms with van der Waals surface area (Å²) >= 11 is 6.26. The number of rotatable bonds is 6. The summed E-state index contributed by atoms with van der Waals surface area (Å²) in [6.45, 7) is 0.586. The van der Waals surface area contributed by atoms with Crippen molar-refractivity contribution in [1.82, 2.24) is 25.1 Å². The van der Waals surface area contributed by atoms with E-state index in [-0.39, 0.29) is 5.82 Å². The molecule has 6 rings (SSSR count). The highest BCUT2D eigenvalue weighted by Crippen LogP contribution is 2.29. The molecule has 7 nitrogen and oxygen atoms in total. The number of halogens is 2. The van der Waals surface area contributed by atoms with Crippen LogP contribution >= 0.6 is 11.6 Å². The minimum atomic E-state index is -0.248. The molecule has 0 aliphatic heterocycles. The smallest absolute Gasteiger partial charge is 0.225 e. The van der Waals surface area contributed by atoms with Gasteiger partial charge >= 0.3 is 0 Å². The Morgan fingerprint density at radius 1 is 0.941 bits per heavy atom. The van der Waals surface area contributed by atoms with E-state index < -0.39 is 0 Å². The fraction of sp³-hybridized carbons (Fsp3) is 0.0800. The molecule has 3 aromatic carbocycles. The normalized spacial score (nSPS) is 11.5. The zero-order chi connectivity index (χ0) is 23.1. The zero-order valence-corrected chi connectivity index (χ0v) is 18.6. The highest BCUT2D eigenvalue weighted by atomic mass is 35.5. The summed E-state index contributed by atoms with van der Waals surface area (Å²) in [5, 5.41) is 17.0. The summed E-state index contributed by atoms with van der Waals surface area (Å²) in [7, 11) is 0. The van der Waals surface area contributed by atoms with Crippen molar-refractivity contribution in [3.63, 3.8) is 0 Å². The van der Waals surface area contributed by atoms with E-state index in [9.17, 15) is 4.39 Å². The van der Waals surface area contributed by atoms with Gasteiger partial charge in [-0.15, -0.1) is 0 Å². The molecule has 0 saturated carbocycles. The summed E-state index contributed by atoms with van der Waals surface area (Å²) in [5.74, 6) is 0.891. The topological polar surface area (TPSA) is 94.3 Å². The summed E-state index contributed by atoms with van der Waals surface area (Å²) in [5.41, 5.74) is 4.54. The quantitative estimate of drug-likeness (QED) is 0.233. The van der Waals surface area contributed by atoms with Gasteiger partial charge in [0.15, 0.2) is 0 Å². The highest BCUT2D eigenvalue weighted by Gasteiger charge is 2.11. The van der Waals surface area contributed by atoms with Crippen LogP contribution in [0.4, 0.5) is 21.8 Å². The second-order valence-corrected chi connectivity index (χ2v) is 8.47. The maximum absolute atomic E-state index is 13.7. The van der Waals surface area contributed by atoms with Crippen molar-refractivity contribution >= 4 is 61.8 Å². The third-order valence-electron chi connectivity index (χ3n) is 5.77. The number of aromatic nitrogens is 5. The molecule has 0 spiro atoms. The van der Waals surface area contributed by atoms with Crippen LogP contribution in [0.1, 0.15) is 5.56 Å². The number of nitrogens with zero attached hydrogens (tertiary/aromatic N) is 3. The Balaban J connectivity index is 1.28. The molecule has 0 aliphatic rings. The Morgan fingerprint density at radius 3 is 2.79 bits per heavy atom. The lowest BCUT2D eigenvalue weighted by Crippen LogP contribution is -2.09. The predicted octanol–water partition coefficient (Wildman–Crippen LogP) is 6.18. The van der Waals surface area contributed by atoms with E-state index in [4.69, 9.17) is 16.6 Å². The average Bonchev–Trinajstić information content (AvgIpc) is 3.46. The first-order chi connectivity index (χ1) is 16.6. The molecule has 0 saturated heterocycles. The number of benzene rings is 3. The molecule has 0 atom stereocenters. The van der Waals surface area contributed by atoms with Crippen LogP contribution in [-0.4, -0.2) is 31.7 Å². The van der Waals surface area contributed by atoms with Crippen LogP contribution in [0.25, 0.3) is 32.7 Å². The maximum atomic E-state index is 13.7. The molecule has 34 heavy (non-hydrogen) atoms. The van der Waals surface area contributed by atoms with Gasteiger partial charge in [0.1, 0.15) is 11.6 Å². The minimum absolute atomic E-state index is 0.248. The first kappa shape index (κ1) is 20.4. The molecule has 0 amide bonds. The Labute approximate surface area is 198 Å². The van der Waals surface area contributed by atoms with Gasteiger partial charge in [-0.25, -0.2) is 9.37 Å². The molecule has 3 heterocycles. The molecule has 4 N–H and O–H groups in total. The Morgan fingerprint density at radius 2 is 1.85 bits per heavy atom. The minimum Gasteiger partial charge on any atom is -0.361 e. The van der Waals surface area contributed by atoms with Crippen LogP contribution in [0.3, 0.4) is 0 Å². The van der Waals surface area contributed by atoms with Crippen LogP contribution < -0.4 is 10.6 Å². The lowest BCUT2D eigenvalue weighted by atomic mass is 10.1. The molecule has 168 valence electrons. The van der Waals surface area contributed by atoms with Gasteiger partial charge in [0.2, 0.25) is 5.95 Å².